The summed E-state index contributed by atoms with van der Waals surface area (Å²) in [6.07, 6.45) is 3.58. The first-order valence-electron chi connectivity index (χ1n) is 2.99. The summed E-state index contributed by atoms with van der Waals surface area (Å²) < 4.78 is 0. The molecule has 0 saturated heterocycles. The maximum absolute atomic E-state index is 5.63. The number of nitrogen functional groups attached to an aromatic ring is 1. The molecule has 0 atom stereocenters. The van der Waals surface area contributed by atoms with Crippen molar-refractivity contribution < 1.29 is 0 Å². The molecule has 60 valence electrons. The summed E-state index contributed by atoms with van der Waals surface area (Å²) in [4.78, 5) is 7.84. The summed E-state index contributed by atoms with van der Waals surface area (Å²) in [5.41, 5.74) is 6.30. The van der Waals surface area contributed by atoms with E-state index in [-0.39, 0.29) is 0 Å². The van der Waals surface area contributed by atoms with Gasteiger partial charge in [0.15, 0.2) is 0 Å². The van der Waals surface area contributed by atoms with E-state index in [4.69, 9.17) is 17.3 Å². The number of halogens is 1. The van der Waals surface area contributed by atoms with E-state index < -0.39 is 0 Å². The summed E-state index contributed by atoms with van der Waals surface area (Å²) in [6.45, 7) is 0. The lowest BCUT2D eigenvalue weighted by Gasteiger charge is -2.01. The third-order valence-corrected chi connectivity index (χ3v) is 2.21. The number of hydrogen-bond acceptors (Lipinski definition) is 4. The van der Waals surface area contributed by atoms with Crippen molar-refractivity contribution in [2.24, 2.45) is 0 Å². The van der Waals surface area contributed by atoms with E-state index in [0.717, 1.165) is 10.6 Å². The average Bonchev–Trinajstić information content (AvgIpc) is 2.04. The van der Waals surface area contributed by atoms with Gasteiger partial charge in [0, 0.05) is 11.8 Å². The van der Waals surface area contributed by atoms with Gasteiger partial charge in [0.05, 0.1) is 5.88 Å². The second-order valence-electron chi connectivity index (χ2n) is 1.90. The van der Waals surface area contributed by atoms with Crippen molar-refractivity contribution >= 4 is 29.3 Å². The van der Waals surface area contributed by atoms with E-state index in [0.29, 0.717) is 11.8 Å². The van der Waals surface area contributed by atoms with Crippen LogP contribution in [-0.4, -0.2) is 16.2 Å². The number of hydrogen-bond donors (Lipinski definition) is 1. The van der Waals surface area contributed by atoms with Gasteiger partial charge in [-0.3, -0.25) is 0 Å². The van der Waals surface area contributed by atoms with Crippen LogP contribution in [0.2, 0.25) is 0 Å². The van der Waals surface area contributed by atoms with Gasteiger partial charge < -0.3 is 5.73 Å². The summed E-state index contributed by atoms with van der Waals surface area (Å²) in [6, 6.07) is 0. The molecule has 0 spiro atoms. The molecule has 0 radical (unpaired) electrons. The summed E-state index contributed by atoms with van der Waals surface area (Å²) in [7, 11) is 0. The molecule has 11 heavy (non-hydrogen) atoms. The number of alkyl halides is 1. The van der Waals surface area contributed by atoms with Gasteiger partial charge in [0.2, 0.25) is 5.95 Å². The number of aromatic nitrogens is 2. The van der Waals surface area contributed by atoms with Gasteiger partial charge in [0.1, 0.15) is 5.03 Å². The van der Waals surface area contributed by atoms with Gasteiger partial charge in [0.25, 0.3) is 0 Å². The van der Waals surface area contributed by atoms with E-state index in [1.165, 1.54) is 11.8 Å². The minimum atomic E-state index is 0.295. The number of nitrogens with two attached hydrogens (primary N) is 1. The molecule has 0 amide bonds. The lowest BCUT2D eigenvalue weighted by atomic mass is 10.4. The summed E-state index contributed by atoms with van der Waals surface area (Å²) >= 11 is 7.15. The van der Waals surface area contributed by atoms with E-state index >= 15 is 0 Å². The zero-order chi connectivity index (χ0) is 8.27. The first kappa shape index (κ1) is 8.62. The molecule has 0 aliphatic heterocycles. The molecule has 0 fully saturated rings. The Morgan fingerprint density at radius 2 is 2.45 bits per heavy atom. The maximum Gasteiger partial charge on any atom is 0.221 e. The van der Waals surface area contributed by atoms with Crippen LogP contribution in [0.5, 0.6) is 0 Å². The topological polar surface area (TPSA) is 51.8 Å². The van der Waals surface area contributed by atoms with Gasteiger partial charge >= 0.3 is 0 Å². The largest absolute Gasteiger partial charge is 0.368 e. The third-order valence-electron chi connectivity index (χ3n) is 1.18. The Balaban J connectivity index is 3.06. The molecule has 5 heteroatoms. The number of thioether (sulfide) groups is 1. The molecule has 3 nitrogen and oxygen atoms in total. The molecular formula is C6H8ClN3S. The van der Waals surface area contributed by atoms with Crippen LogP contribution in [0, 0.1) is 0 Å². The van der Waals surface area contributed by atoms with Crippen LogP contribution >= 0.6 is 23.4 Å². The first-order valence-corrected chi connectivity index (χ1v) is 4.75. The van der Waals surface area contributed by atoms with Crippen molar-refractivity contribution in [2.45, 2.75) is 10.9 Å². The van der Waals surface area contributed by atoms with Crippen molar-refractivity contribution in [1.82, 2.24) is 9.97 Å². The van der Waals surface area contributed by atoms with Crippen LogP contribution in [0.25, 0.3) is 0 Å². The zero-order valence-electron chi connectivity index (χ0n) is 6.04. The van der Waals surface area contributed by atoms with Crippen LogP contribution in [0.4, 0.5) is 5.95 Å². The standard InChI is InChI=1S/C6H8ClN3S/c1-11-5-4(2-7)3-9-6(8)10-5/h3H,2H2,1H3,(H2,8,9,10). The molecule has 1 heterocycles. The SMILES string of the molecule is CSc1nc(N)ncc1CCl. The molecule has 0 saturated carbocycles. The lowest BCUT2D eigenvalue weighted by molar-refractivity contribution is 1.01. The first-order chi connectivity index (χ1) is 5.27. The second kappa shape index (κ2) is 3.78. The Hall–Kier alpha value is -0.480. The van der Waals surface area contributed by atoms with Gasteiger partial charge in [-0.25, -0.2) is 9.97 Å². The smallest absolute Gasteiger partial charge is 0.221 e. The van der Waals surface area contributed by atoms with Crippen molar-refractivity contribution in [3.8, 4) is 0 Å². The quantitative estimate of drug-likeness (QED) is 0.436. The van der Waals surface area contributed by atoms with Gasteiger partial charge in [-0.15, -0.1) is 23.4 Å². The minimum Gasteiger partial charge on any atom is -0.368 e. The molecule has 0 bridgehead atoms. The van der Waals surface area contributed by atoms with Crippen LogP contribution < -0.4 is 5.73 Å². The summed E-state index contributed by atoms with van der Waals surface area (Å²) in [5.74, 6) is 0.722. The number of nitrogens with zero attached hydrogens (tertiary/aromatic N) is 2. The molecule has 0 aromatic carbocycles. The fourth-order valence-electron chi connectivity index (χ4n) is 0.672. The van der Waals surface area contributed by atoms with Crippen molar-refractivity contribution in [3.63, 3.8) is 0 Å². The summed E-state index contributed by atoms with van der Waals surface area (Å²) in [5, 5.41) is 0.854. The Morgan fingerprint density at radius 3 is 3.00 bits per heavy atom. The highest BCUT2D eigenvalue weighted by atomic mass is 35.5. The fourth-order valence-corrected chi connectivity index (χ4v) is 1.52. The predicted octanol–water partition coefficient (Wildman–Crippen LogP) is 1.52. The molecule has 0 unspecified atom stereocenters. The van der Waals surface area contributed by atoms with E-state index in [9.17, 15) is 0 Å². The highest BCUT2D eigenvalue weighted by Gasteiger charge is 2.02. The van der Waals surface area contributed by atoms with Crippen LogP contribution in [0.1, 0.15) is 5.56 Å². The number of anilines is 1. The second-order valence-corrected chi connectivity index (χ2v) is 2.96. The molecule has 1 rings (SSSR count). The normalized spacial score (nSPS) is 10.0. The monoisotopic (exact) mass is 189 g/mol. The van der Waals surface area contributed by atoms with Crippen molar-refractivity contribution in [3.05, 3.63) is 11.8 Å². The zero-order valence-corrected chi connectivity index (χ0v) is 7.61. The molecule has 1 aromatic heterocycles. The highest BCUT2D eigenvalue weighted by Crippen LogP contribution is 2.18. The van der Waals surface area contributed by atoms with E-state index in [1.54, 1.807) is 6.20 Å². The van der Waals surface area contributed by atoms with Crippen molar-refractivity contribution in [2.75, 3.05) is 12.0 Å². The minimum absolute atomic E-state index is 0.295. The van der Waals surface area contributed by atoms with Gasteiger partial charge in [-0.1, -0.05) is 0 Å². The van der Waals surface area contributed by atoms with E-state index in [1.807, 2.05) is 6.26 Å². The number of rotatable bonds is 2. The molecular weight excluding hydrogens is 182 g/mol. The Bertz CT molecular complexity index is 254. The Kier molecular flexibility index (Phi) is 2.96. The van der Waals surface area contributed by atoms with Crippen molar-refractivity contribution in [1.29, 1.82) is 0 Å². The van der Waals surface area contributed by atoms with Crippen LogP contribution in [0.3, 0.4) is 0 Å². The predicted molar refractivity (Wildman–Crippen MR) is 47.8 cm³/mol. The third kappa shape index (κ3) is 1.97. The molecule has 0 aliphatic rings. The van der Waals surface area contributed by atoms with Crippen LogP contribution in [-0.2, 0) is 5.88 Å². The average molecular weight is 190 g/mol. The van der Waals surface area contributed by atoms with Crippen LogP contribution in [0.15, 0.2) is 11.2 Å². The Labute approximate surface area is 74.4 Å². The Morgan fingerprint density at radius 1 is 1.73 bits per heavy atom. The van der Waals surface area contributed by atoms with Gasteiger partial charge in [-0.2, -0.15) is 0 Å². The van der Waals surface area contributed by atoms with Gasteiger partial charge in [-0.05, 0) is 6.26 Å². The maximum atomic E-state index is 5.63. The lowest BCUT2D eigenvalue weighted by Crippen LogP contribution is -1.98. The molecule has 1 aromatic rings. The fraction of sp³-hybridized carbons (Fsp3) is 0.333. The molecule has 0 aliphatic carbocycles. The van der Waals surface area contributed by atoms with E-state index in [2.05, 4.69) is 9.97 Å². The highest BCUT2D eigenvalue weighted by molar-refractivity contribution is 7.98. The molecule has 2 N–H and O–H groups in total.